The minimum atomic E-state index is -1.38. The van der Waals surface area contributed by atoms with Gasteiger partial charge in [0, 0.05) is 11.1 Å². The summed E-state index contributed by atoms with van der Waals surface area (Å²) in [5, 5.41) is 8.56. The van der Waals surface area contributed by atoms with Gasteiger partial charge in [-0.15, -0.1) is 0 Å². The van der Waals surface area contributed by atoms with Crippen molar-refractivity contribution in [2.24, 2.45) is 5.73 Å². The molecular weight excluding hydrogens is 204 g/mol. The van der Waals surface area contributed by atoms with Crippen LogP contribution in [0.4, 0.5) is 8.78 Å². The molecule has 0 amide bonds. The lowest BCUT2D eigenvalue weighted by Gasteiger charge is -2.20. The van der Waals surface area contributed by atoms with Crippen LogP contribution < -0.4 is 5.73 Å². The quantitative estimate of drug-likeness (QED) is 0.791. The highest BCUT2D eigenvalue weighted by atomic mass is 19.1. The van der Waals surface area contributed by atoms with E-state index in [9.17, 15) is 13.6 Å². The van der Waals surface area contributed by atoms with E-state index in [0.717, 1.165) is 12.1 Å². The summed E-state index contributed by atoms with van der Waals surface area (Å²) in [5.74, 6) is -3.27. The largest absolute Gasteiger partial charge is 0.478 e. The highest BCUT2D eigenvalue weighted by molar-refractivity contribution is 5.87. The van der Waals surface area contributed by atoms with Crippen LogP contribution in [0.1, 0.15) is 29.8 Å². The van der Waals surface area contributed by atoms with Gasteiger partial charge in [0.15, 0.2) is 0 Å². The van der Waals surface area contributed by atoms with E-state index in [1.165, 1.54) is 13.8 Å². The lowest BCUT2D eigenvalue weighted by molar-refractivity contribution is 0.0695. The first-order valence-corrected chi connectivity index (χ1v) is 4.25. The predicted molar refractivity (Wildman–Crippen MR) is 50.5 cm³/mol. The first-order valence-electron chi connectivity index (χ1n) is 4.25. The molecule has 0 aliphatic carbocycles. The molecule has 5 heteroatoms. The molecule has 0 atom stereocenters. The molecule has 0 saturated heterocycles. The van der Waals surface area contributed by atoms with Gasteiger partial charge in [-0.05, 0) is 26.0 Å². The average molecular weight is 215 g/mol. The van der Waals surface area contributed by atoms with Gasteiger partial charge in [-0.2, -0.15) is 0 Å². The molecule has 0 bridgehead atoms. The van der Waals surface area contributed by atoms with Crippen molar-refractivity contribution < 1.29 is 18.7 Å². The van der Waals surface area contributed by atoms with Crippen LogP contribution in [0.2, 0.25) is 0 Å². The highest BCUT2D eigenvalue weighted by Crippen LogP contribution is 2.24. The fourth-order valence-corrected chi connectivity index (χ4v) is 1.31. The van der Waals surface area contributed by atoms with Crippen LogP contribution in [0.15, 0.2) is 12.1 Å². The van der Waals surface area contributed by atoms with E-state index in [1.807, 2.05) is 0 Å². The van der Waals surface area contributed by atoms with E-state index in [1.54, 1.807) is 0 Å². The van der Waals surface area contributed by atoms with Gasteiger partial charge in [0.2, 0.25) is 0 Å². The SMILES string of the molecule is CC(C)(N)c1c(F)cc(C(=O)O)cc1F. The normalized spacial score (nSPS) is 11.5. The monoisotopic (exact) mass is 215 g/mol. The number of carboxylic acids is 1. The Bertz CT molecular complexity index is 387. The van der Waals surface area contributed by atoms with Gasteiger partial charge >= 0.3 is 5.97 Å². The molecule has 0 aromatic heterocycles. The molecule has 0 radical (unpaired) electrons. The summed E-state index contributed by atoms with van der Waals surface area (Å²) in [6, 6.07) is 1.52. The van der Waals surface area contributed by atoms with E-state index in [0.29, 0.717) is 0 Å². The molecule has 0 fully saturated rings. The Hall–Kier alpha value is -1.49. The molecule has 0 aliphatic rings. The number of hydrogen-bond acceptors (Lipinski definition) is 2. The van der Waals surface area contributed by atoms with Crippen molar-refractivity contribution in [1.29, 1.82) is 0 Å². The zero-order valence-electron chi connectivity index (χ0n) is 8.34. The third-order valence-electron chi connectivity index (χ3n) is 1.93. The van der Waals surface area contributed by atoms with E-state index in [4.69, 9.17) is 10.8 Å². The Morgan fingerprint density at radius 2 is 1.73 bits per heavy atom. The van der Waals surface area contributed by atoms with Crippen molar-refractivity contribution in [2.45, 2.75) is 19.4 Å². The summed E-state index contributed by atoms with van der Waals surface area (Å²) in [6.45, 7) is 2.88. The number of carboxylic acid groups (broad SMARTS) is 1. The summed E-state index contributed by atoms with van der Waals surface area (Å²) >= 11 is 0. The Labute approximate surface area is 85.5 Å². The minimum absolute atomic E-state index is 0.312. The predicted octanol–water partition coefficient (Wildman–Crippen LogP) is 1.86. The van der Waals surface area contributed by atoms with Gasteiger partial charge < -0.3 is 10.8 Å². The standard InChI is InChI=1S/C10H11F2NO2/c1-10(2,13)8-6(11)3-5(9(14)15)4-7(8)12/h3-4H,13H2,1-2H3,(H,14,15). The van der Waals surface area contributed by atoms with E-state index < -0.39 is 28.7 Å². The first kappa shape index (κ1) is 11.6. The van der Waals surface area contributed by atoms with Crippen LogP contribution in [0.5, 0.6) is 0 Å². The number of nitrogens with two attached hydrogens (primary N) is 1. The number of halogens is 2. The van der Waals surface area contributed by atoms with Gasteiger partial charge in [0.05, 0.1) is 5.56 Å². The molecule has 3 nitrogen and oxygen atoms in total. The molecule has 15 heavy (non-hydrogen) atoms. The van der Waals surface area contributed by atoms with Gasteiger partial charge in [-0.1, -0.05) is 0 Å². The van der Waals surface area contributed by atoms with Crippen LogP contribution >= 0.6 is 0 Å². The maximum absolute atomic E-state index is 13.4. The molecule has 82 valence electrons. The van der Waals surface area contributed by atoms with Crippen LogP contribution in [-0.2, 0) is 5.54 Å². The van der Waals surface area contributed by atoms with Crippen LogP contribution in [0.3, 0.4) is 0 Å². The van der Waals surface area contributed by atoms with Crippen molar-refractivity contribution in [2.75, 3.05) is 0 Å². The molecule has 0 unspecified atom stereocenters. The lowest BCUT2D eigenvalue weighted by Crippen LogP contribution is -2.31. The molecule has 1 aromatic carbocycles. The molecule has 3 N–H and O–H groups in total. The zero-order chi connectivity index (χ0) is 11.8. The van der Waals surface area contributed by atoms with E-state index in [2.05, 4.69) is 0 Å². The Balaban J connectivity index is 3.41. The maximum Gasteiger partial charge on any atom is 0.335 e. The van der Waals surface area contributed by atoms with Crippen molar-refractivity contribution in [3.8, 4) is 0 Å². The topological polar surface area (TPSA) is 63.3 Å². The summed E-state index contributed by atoms with van der Waals surface area (Å²) < 4.78 is 26.8. The third-order valence-corrected chi connectivity index (χ3v) is 1.93. The second-order valence-electron chi connectivity index (χ2n) is 3.84. The number of carbonyl (C=O) groups is 1. The summed E-state index contributed by atoms with van der Waals surface area (Å²) in [4.78, 5) is 10.5. The molecule has 0 spiro atoms. The highest BCUT2D eigenvalue weighted by Gasteiger charge is 2.25. The number of hydrogen-bond donors (Lipinski definition) is 2. The average Bonchev–Trinajstić information content (AvgIpc) is 1.99. The summed E-state index contributed by atoms with van der Waals surface area (Å²) in [6.07, 6.45) is 0. The Morgan fingerprint density at radius 3 is 2.00 bits per heavy atom. The van der Waals surface area contributed by atoms with Crippen LogP contribution in [-0.4, -0.2) is 11.1 Å². The molecule has 0 aliphatic heterocycles. The minimum Gasteiger partial charge on any atom is -0.478 e. The fraction of sp³-hybridized carbons (Fsp3) is 0.300. The third kappa shape index (κ3) is 2.30. The molecular formula is C10H11F2NO2. The van der Waals surface area contributed by atoms with Crippen molar-refractivity contribution in [1.82, 2.24) is 0 Å². The van der Waals surface area contributed by atoms with Crippen molar-refractivity contribution in [3.05, 3.63) is 34.9 Å². The second-order valence-corrected chi connectivity index (χ2v) is 3.84. The second kappa shape index (κ2) is 3.58. The first-order chi connectivity index (χ1) is 6.73. The van der Waals surface area contributed by atoms with Gasteiger partial charge in [-0.25, -0.2) is 13.6 Å². The van der Waals surface area contributed by atoms with Crippen LogP contribution in [0, 0.1) is 11.6 Å². The Morgan fingerprint density at radius 1 is 1.33 bits per heavy atom. The zero-order valence-corrected chi connectivity index (χ0v) is 8.34. The number of aromatic carboxylic acids is 1. The summed E-state index contributed by atoms with van der Waals surface area (Å²) in [5.41, 5.74) is 3.62. The van der Waals surface area contributed by atoms with E-state index in [-0.39, 0.29) is 5.56 Å². The lowest BCUT2D eigenvalue weighted by atomic mass is 9.93. The van der Waals surface area contributed by atoms with Gasteiger partial charge in [-0.3, -0.25) is 0 Å². The van der Waals surface area contributed by atoms with Gasteiger partial charge in [0.1, 0.15) is 11.6 Å². The number of rotatable bonds is 2. The van der Waals surface area contributed by atoms with Gasteiger partial charge in [0.25, 0.3) is 0 Å². The molecule has 0 saturated carbocycles. The molecule has 1 rings (SSSR count). The molecule has 1 aromatic rings. The smallest absolute Gasteiger partial charge is 0.335 e. The maximum atomic E-state index is 13.4. The van der Waals surface area contributed by atoms with Crippen molar-refractivity contribution >= 4 is 5.97 Å². The molecule has 0 heterocycles. The van der Waals surface area contributed by atoms with Crippen LogP contribution in [0.25, 0.3) is 0 Å². The van der Waals surface area contributed by atoms with Crippen molar-refractivity contribution in [3.63, 3.8) is 0 Å². The fourth-order valence-electron chi connectivity index (χ4n) is 1.31. The Kier molecular flexibility index (Phi) is 2.77. The van der Waals surface area contributed by atoms with E-state index >= 15 is 0 Å². The summed E-state index contributed by atoms with van der Waals surface area (Å²) in [7, 11) is 0. The number of benzene rings is 1.